The van der Waals surface area contributed by atoms with E-state index in [9.17, 15) is 9.59 Å². The summed E-state index contributed by atoms with van der Waals surface area (Å²) in [6.45, 7) is 0. The number of amides is 2. The summed E-state index contributed by atoms with van der Waals surface area (Å²) in [6, 6.07) is 29.5. The van der Waals surface area contributed by atoms with Gasteiger partial charge in [-0.1, -0.05) is 66.7 Å². The topological polar surface area (TPSA) is 58.2 Å². The van der Waals surface area contributed by atoms with Gasteiger partial charge in [0.2, 0.25) is 0 Å². The van der Waals surface area contributed by atoms with E-state index in [-0.39, 0.29) is 11.8 Å². The summed E-state index contributed by atoms with van der Waals surface area (Å²) >= 11 is 0. The van der Waals surface area contributed by atoms with E-state index in [1.807, 2.05) is 91.0 Å². The van der Waals surface area contributed by atoms with Crippen molar-refractivity contribution in [2.24, 2.45) is 0 Å². The van der Waals surface area contributed by atoms with Gasteiger partial charge in [0.15, 0.2) is 0 Å². The molecule has 0 aromatic heterocycles. The lowest BCUT2D eigenvalue weighted by Crippen LogP contribution is -2.12. The second-order valence-corrected chi connectivity index (χ2v) is 6.35. The molecule has 0 saturated heterocycles. The van der Waals surface area contributed by atoms with Gasteiger partial charge < -0.3 is 10.6 Å². The Bertz CT molecular complexity index is 1010. The van der Waals surface area contributed by atoms with Crippen LogP contribution in [0.15, 0.2) is 97.1 Å². The highest BCUT2D eigenvalue weighted by molar-refractivity contribution is 6.17. The molecular weight excluding hydrogens is 348 g/mol. The summed E-state index contributed by atoms with van der Waals surface area (Å²) < 4.78 is 0. The molecule has 4 heteroatoms. The zero-order valence-electron chi connectivity index (χ0n) is 15.1. The number of hydrogen-bond donors (Lipinski definition) is 2. The first kappa shape index (κ1) is 17.5. The number of carbonyl (C=O) groups excluding carboxylic acids is 2. The SMILES string of the molecule is O=C(Nc1ccccc1)c1cc(C(=O)Nc2ccccc2)c2cccccc1-2. The van der Waals surface area contributed by atoms with Gasteiger partial charge in [-0.15, -0.1) is 0 Å². The van der Waals surface area contributed by atoms with Crippen molar-refractivity contribution in [3.8, 4) is 11.1 Å². The fraction of sp³-hybridized carbons (Fsp3) is 0. The van der Waals surface area contributed by atoms with Gasteiger partial charge in [0.05, 0.1) is 0 Å². The Labute approximate surface area is 163 Å². The number of fused-ring (bicyclic) bond motifs is 1. The van der Waals surface area contributed by atoms with Crippen LogP contribution in [-0.4, -0.2) is 11.8 Å². The van der Waals surface area contributed by atoms with Gasteiger partial charge in [-0.25, -0.2) is 0 Å². The lowest BCUT2D eigenvalue weighted by atomic mass is 10.1. The quantitative estimate of drug-likeness (QED) is 0.515. The third kappa shape index (κ3) is 3.62. The van der Waals surface area contributed by atoms with Crippen LogP contribution in [0.5, 0.6) is 0 Å². The number of anilines is 2. The van der Waals surface area contributed by atoms with E-state index in [0.29, 0.717) is 22.5 Å². The first-order valence-electron chi connectivity index (χ1n) is 8.97. The highest BCUT2D eigenvalue weighted by atomic mass is 16.2. The smallest absolute Gasteiger partial charge is 0.256 e. The molecule has 2 aromatic carbocycles. The van der Waals surface area contributed by atoms with Crippen molar-refractivity contribution in [3.63, 3.8) is 0 Å². The van der Waals surface area contributed by atoms with Crippen LogP contribution in [0.2, 0.25) is 0 Å². The number of hydrogen-bond acceptors (Lipinski definition) is 2. The van der Waals surface area contributed by atoms with E-state index in [0.717, 1.165) is 11.1 Å². The Morgan fingerprint density at radius 3 is 1.25 bits per heavy atom. The molecule has 4 rings (SSSR count). The number of rotatable bonds is 4. The summed E-state index contributed by atoms with van der Waals surface area (Å²) in [5.74, 6) is -0.498. The van der Waals surface area contributed by atoms with Crippen molar-refractivity contribution in [1.82, 2.24) is 0 Å². The average Bonchev–Trinajstić information content (AvgIpc) is 2.91. The molecule has 0 heterocycles. The zero-order valence-corrected chi connectivity index (χ0v) is 15.1. The second kappa shape index (κ2) is 7.76. The summed E-state index contributed by atoms with van der Waals surface area (Å²) in [5, 5.41) is 5.78. The molecule has 2 aliphatic carbocycles. The maximum absolute atomic E-state index is 12.9. The highest BCUT2D eigenvalue weighted by Gasteiger charge is 2.23. The minimum absolute atomic E-state index is 0.249. The molecule has 136 valence electrons. The number of benzene rings is 2. The van der Waals surface area contributed by atoms with Crippen LogP contribution in [0.1, 0.15) is 20.7 Å². The maximum Gasteiger partial charge on any atom is 0.256 e. The number of para-hydroxylation sites is 2. The van der Waals surface area contributed by atoms with Crippen LogP contribution in [0.3, 0.4) is 0 Å². The van der Waals surface area contributed by atoms with Crippen molar-refractivity contribution in [2.75, 3.05) is 10.6 Å². The Hall–Kier alpha value is -3.92. The molecule has 0 atom stereocenters. The summed E-state index contributed by atoms with van der Waals surface area (Å²) in [5.41, 5.74) is 3.81. The molecule has 0 bridgehead atoms. The molecule has 2 amide bonds. The predicted molar refractivity (Wildman–Crippen MR) is 112 cm³/mol. The van der Waals surface area contributed by atoms with Crippen molar-refractivity contribution >= 4 is 23.2 Å². The van der Waals surface area contributed by atoms with Gasteiger partial charge in [0.1, 0.15) is 0 Å². The average molecular weight is 366 g/mol. The van der Waals surface area contributed by atoms with Gasteiger partial charge >= 0.3 is 0 Å². The zero-order chi connectivity index (χ0) is 19.3. The Kier molecular flexibility index (Phi) is 4.85. The van der Waals surface area contributed by atoms with Gasteiger partial charge in [-0.05, 0) is 41.5 Å². The summed E-state index contributed by atoms with van der Waals surface area (Å²) in [6.07, 6.45) is 0. The molecule has 2 aromatic rings. The van der Waals surface area contributed by atoms with Crippen molar-refractivity contribution < 1.29 is 9.59 Å². The van der Waals surface area contributed by atoms with E-state index >= 15 is 0 Å². The third-order valence-corrected chi connectivity index (χ3v) is 4.46. The Morgan fingerprint density at radius 1 is 0.500 bits per heavy atom. The van der Waals surface area contributed by atoms with Crippen LogP contribution in [-0.2, 0) is 0 Å². The fourth-order valence-corrected chi connectivity index (χ4v) is 3.13. The number of nitrogens with one attached hydrogen (secondary N) is 2. The molecule has 28 heavy (non-hydrogen) atoms. The summed E-state index contributed by atoms with van der Waals surface area (Å²) in [7, 11) is 0. The minimum atomic E-state index is -0.249. The highest BCUT2D eigenvalue weighted by Crippen LogP contribution is 2.33. The molecule has 0 radical (unpaired) electrons. The van der Waals surface area contributed by atoms with Crippen molar-refractivity contribution in [2.45, 2.75) is 0 Å². The lowest BCUT2D eigenvalue weighted by Gasteiger charge is -2.05. The largest absolute Gasteiger partial charge is 0.322 e. The van der Waals surface area contributed by atoms with Gasteiger partial charge in [-0.3, -0.25) is 9.59 Å². The van der Waals surface area contributed by atoms with E-state index in [1.165, 1.54) is 0 Å². The molecule has 2 aliphatic rings. The third-order valence-electron chi connectivity index (χ3n) is 4.46. The molecule has 0 unspecified atom stereocenters. The lowest BCUT2D eigenvalue weighted by molar-refractivity contribution is 0.102. The normalized spacial score (nSPS) is 10.4. The van der Waals surface area contributed by atoms with Gasteiger partial charge in [0.25, 0.3) is 11.8 Å². The molecule has 0 fully saturated rings. The molecule has 0 spiro atoms. The van der Waals surface area contributed by atoms with E-state index in [4.69, 9.17) is 0 Å². The van der Waals surface area contributed by atoms with Crippen LogP contribution in [0.4, 0.5) is 11.4 Å². The van der Waals surface area contributed by atoms with E-state index in [1.54, 1.807) is 6.07 Å². The standard InChI is InChI=1S/C24H18N2O2/c27-23(25-17-10-4-1-5-11-17)21-16-22(20-15-9-3-8-14-19(20)21)24(28)26-18-12-6-2-7-13-18/h1-16H,(H,25,27)(H,26,28). The van der Waals surface area contributed by atoms with Crippen molar-refractivity contribution in [3.05, 3.63) is 108 Å². The monoisotopic (exact) mass is 366 g/mol. The second-order valence-electron chi connectivity index (χ2n) is 6.35. The first-order chi connectivity index (χ1) is 13.7. The predicted octanol–water partition coefficient (Wildman–Crippen LogP) is 5.30. The van der Waals surface area contributed by atoms with E-state index in [2.05, 4.69) is 10.6 Å². The van der Waals surface area contributed by atoms with E-state index < -0.39 is 0 Å². The van der Waals surface area contributed by atoms with Crippen LogP contribution in [0.25, 0.3) is 11.1 Å². The minimum Gasteiger partial charge on any atom is -0.322 e. The van der Waals surface area contributed by atoms with Crippen LogP contribution >= 0.6 is 0 Å². The van der Waals surface area contributed by atoms with Crippen LogP contribution in [0, 0.1) is 0 Å². The van der Waals surface area contributed by atoms with Gasteiger partial charge in [0, 0.05) is 22.5 Å². The fourth-order valence-electron chi connectivity index (χ4n) is 3.13. The molecule has 0 aliphatic heterocycles. The first-order valence-corrected chi connectivity index (χ1v) is 8.97. The van der Waals surface area contributed by atoms with Crippen molar-refractivity contribution in [1.29, 1.82) is 0 Å². The number of carbonyl (C=O) groups is 2. The van der Waals surface area contributed by atoms with Gasteiger partial charge in [-0.2, -0.15) is 0 Å². The maximum atomic E-state index is 12.9. The Balaban J connectivity index is 1.70. The van der Waals surface area contributed by atoms with Crippen LogP contribution < -0.4 is 10.6 Å². The molecule has 2 N–H and O–H groups in total. The molecular formula is C24H18N2O2. The Morgan fingerprint density at radius 2 is 0.857 bits per heavy atom. The molecule has 0 saturated carbocycles. The molecule has 4 nitrogen and oxygen atoms in total. The summed E-state index contributed by atoms with van der Waals surface area (Å²) in [4.78, 5) is 25.8.